The number of aryl methyl sites for hydroxylation is 1. The van der Waals surface area contributed by atoms with Crippen LogP contribution in [0.4, 0.5) is 11.4 Å². The summed E-state index contributed by atoms with van der Waals surface area (Å²) in [5.74, 6) is -1.26. The summed E-state index contributed by atoms with van der Waals surface area (Å²) in [7, 11) is 0. The van der Waals surface area contributed by atoms with Gasteiger partial charge in [-0.2, -0.15) is 0 Å². The highest BCUT2D eigenvalue weighted by atomic mass is 32.1. The fourth-order valence-electron chi connectivity index (χ4n) is 4.14. The second kappa shape index (κ2) is 9.59. The second-order valence-corrected chi connectivity index (χ2v) is 8.82. The van der Waals surface area contributed by atoms with E-state index < -0.39 is 11.8 Å². The van der Waals surface area contributed by atoms with E-state index in [0.717, 1.165) is 16.5 Å². The molecule has 2 heterocycles. The highest BCUT2D eigenvalue weighted by Crippen LogP contribution is 2.27. The third-order valence-electron chi connectivity index (χ3n) is 5.88. The first-order valence-corrected chi connectivity index (χ1v) is 11.7. The van der Waals surface area contributed by atoms with Gasteiger partial charge in [0.05, 0.1) is 5.69 Å². The zero-order valence-electron chi connectivity index (χ0n) is 19.4. The first-order chi connectivity index (χ1) is 17.4. The minimum Gasteiger partial charge on any atom is -0.337 e. The van der Waals surface area contributed by atoms with Gasteiger partial charge in [0.2, 0.25) is 5.91 Å². The summed E-state index contributed by atoms with van der Waals surface area (Å²) >= 11 is 5.29. The van der Waals surface area contributed by atoms with Gasteiger partial charge in [-0.15, -0.1) is 0 Å². The van der Waals surface area contributed by atoms with Crippen LogP contribution in [0, 0.1) is 6.92 Å². The number of fused-ring (bicyclic) bond motifs is 1. The molecule has 0 aliphatic carbocycles. The molecular weight excluding hydrogens is 472 g/mol. The van der Waals surface area contributed by atoms with Crippen molar-refractivity contribution in [2.45, 2.75) is 13.5 Å². The summed E-state index contributed by atoms with van der Waals surface area (Å²) in [5.41, 5.74) is 3.73. The Kier molecular flexibility index (Phi) is 6.18. The summed E-state index contributed by atoms with van der Waals surface area (Å²) in [5, 5.41) is 6.34. The van der Waals surface area contributed by atoms with Gasteiger partial charge in [0, 0.05) is 28.4 Å². The topological polar surface area (TPSA) is 83.4 Å². The third kappa shape index (κ3) is 4.54. The van der Waals surface area contributed by atoms with Crippen molar-refractivity contribution in [3.05, 3.63) is 102 Å². The van der Waals surface area contributed by atoms with Gasteiger partial charge in [-0.25, -0.2) is 0 Å². The first-order valence-electron chi connectivity index (χ1n) is 11.3. The number of hydrogen-bond donors (Lipinski definition) is 2. The Labute approximate surface area is 213 Å². The molecule has 4 aromatic rings. The number of para-hydroxylation sites is 2. The van der Waals surface area contributed by atoms with Crippen molar-refractivity contribution >= 4 is 63.4 Å². The molecule has 7 nitrogen and oxygen atoms in total. The molecule has 0 spiro atoms. The molecule has 36 heavy (non-hydrogen) atoms. The van der Waals surface area contributed by atoms with Crippen LogP contribution in [0.1, 0.15) is 11.1 Å². The fraction of sp³-hybridized carbons (Fsp3) is 0.0714. The maximum absolute atomic E-state index is 13.4. The van der Waals surface area contributed by atoms with Crippen molar-refractivity contribution < 1.29 is 14.4 Å². The summed E-state index contributed by atoms with van der Waals surface area (Å²) in [4.78, 5) is 40.2. The molecule has 0 atom stereocenters. The van der Waals surface area contributed by atoms with E-state index >= 15 is 0 Å². The Morgan fingerprint density at radius 3 is 2.42 bits per heavy atom. The summed E-state index contributed by atoms with van der Waals surface area (Å²) in [6.07, 6.45) is 3.32. The van der Waals surface area contributed by atoms with Crippen molar-refractivity contribution in [2.24, 2.45) is 0 Å². The van der Waals surface area contributed by atoms with Gasteiger partial charge in [-0.1, -0.05) is 54.1 Å². The maximum atomic E-state index is 13.4. The molecule has 0 radical (unpaired) electrons. The molecule has 1 saturated heterocycles. The smallest absolute Gasteiger partial charge is 0.270 e. The van der Waals surface area contributed by atoms with Crippen LogP contribution in [0.15, 0.2) is 90.6 Å². The van der Waals surface area contributed by atoms with Gasteiger partial charge >= 0.3 is 0 Å². The largest absolute Gasteiger partial charge is 0.337 e. The molecule has 3 amide bonds. The van der Waals surface area contributed by atoms with Crippen molar-refractivity contribution in [3.63, 3.8) is 0 Å². The Balaban J connectivity index is 1.49. The van der Waals surface area contributed by atoms with Crippen molar-refractivity contribution in [1.29, 1.82) is 0 Å². The number of nitrogens with one attached hydrogen (secondary N) is 2. The molecule has 3 aromatic carbocycles. The number of rotatable bonds is 5. The Morgan fingerprint density at radius 2 is 1.67 bits per heavy atom. The van der Waals surface area contributed by atoms with Gasteiger partial charge in [-0.05, 0) is 55.5 Å². The highest BCUT2D eigenvalue weighted by molar-refractivity contribution is 7.80. The molecule has 8 heteroatoms. The van der Waals surface area contributed by atoms with E-state index in [1.807, 2.05) is 73.7 Å². The number of anilines is 2. The SMILES string of the molecule is Cc1ccc(N2C(=O)C(=Cc3cn(CC(=O)Nc4ccccc4)c4ccccc34)C(=O)NC2=S)cc1. The van der Waals surface area contributed by atoms with Crippen molar-refractivity contribution in [3.8, 4) is 0 Å². The molecule has 1 aliphatic rings. The van der Waals surface area contributed by atoms with Gasteiger partial charge < -0.3 is 9.88 Å². The number of amides is 3. The lowest BCUT2D eigenvalue weighted by Gasteiger charge is -2.29. The molecule has 178 valence electrons. The van der Waals surface area contributed by atoms with E-state index in [2.05, 4.69) is 10.6 Å². The van der Waals surface area contributed by atoms with Crippen LogP contribution in [-0.4, -0.2) is 27.4 Å². The van der Waals surface area contributed by atoms with E-state index in [0.29, 0.717) is 16.9 Å². The second-order valence-electron chi connectivity index (χ2n) is 8.44. The third-order valence-corrected chi connectivity index (χ3v) is 6.17. The molecule has 2 N–H and O–H groups in total. The number of benzene rings is 3. The molecular formula is C28H22N4O3S. The lowest BCUT2D eigenvalue weighted by Crippen LogP contribution is -2.54. The summed E-state index contributed by atoms with van der Waals surface area (Å²) in [6.45, 7) is 2.02. The van der Waals surface area contributed by atoms with Gasteiger partial charge in [-0.3, -0.25) is 24.6 Å². The van der Waals surface area contributed by atoms with Crippen LogP contribution in [0.3, 0.4) is 0 Å². The lowest BCUT2D eigenvalue weighted by molar-refractivity contribution is -0.122. The van der Waals surface area contributed by atoms with Crippen LogP contribution < -0.4 is 15.5 Å². The number of aromatic nitrogens is 1. The van der Waals surface area contributed by atoms with Crippen LogP contribution in [0.5, 0.6) is 0 Å². The minimum atomic E-state index is -0.563. The zero-order valence-corrected chi connectivity index (χ0v) is 20.2. The Morgan fingerprint density at radius 1 is 0.972 bits per heavy atom. The van der Waals surface area contributed by atoms with Crippen molar-refractivity contribution in [1.82, 2.24) is 9.88 Å². The average Bonchev–Trinajstić information content (AvgIpc) is 3.20. The van der Waals surface area contributed by atoms with Gasteiger partial charge in [0.25, 0.3) is 11.8 Å². The zero-order chi connectivity index (χ0) is 25.2. The number of hydrogen-bond acceptors (Lipinski definition) is 4. The number of carbonyl (C=O) groups is 3. The first kappa shape index (κ1) is 23.2. The Hall–Kier alpha value is -4.56. The number of nitrogens with zero attached hydrogens (tertiary/aromatic N) is 2. The molecule has 1 aromatic heterocycles. The molecule has 0 unspecified atom stereocenters. The van der Waals surface area contributed by atoms with Gasteiger partial charge in [0.1, 0.15) is 12.1 Å². The van der Waals surface area contributed by atoms with Gasteiger partial charge in [0.15, 0.2) is 5.11 Å². The Bertz CT molecular complexity index is 1540. The predicted octanol–water partition coefficient (Wildman–Crippen LogP) is 4.42. The predicted molar refractivity (Wildman–Crippen MR) is 144 cm³/mol. The fourth-order valence-corrected chi connectivity index (χ4v) is 4.42. The van der Waals surface area contributed by atoms with E-state index in [1.165, 1.54) is 4.90 Å². The quantitative estimate of drug-likeness (QED) is 0.244. The maximum Gasteiger partial charge on any atom is 0.270 e. The van der Waals surface area contributed by atoms with E-state index in [-0.39, 0.29) is 23.1 Å². The molecule has 1 aliphatic heterocycles. The average molecular weight is 495 g/mol. The van der Waals surface area contributed by atoms with Crippen LogP contribution in [-0.2, 0) is 20.9 Å². The molecule has 0 bridgehead atoms. The number of carbonyl (C=O) groups excluding carboxylic acids is 3. The summed E-state index contributed by atoms with van der Waals surface area (Å²) in [6, 6.07) is 24.1. The highest BCUT2D eigenvalue weighted by Gasteiger charge is 2.34. The molecule has 1 fully saturated rings. The molecule has 5 rings (SSSR count). The lowest BCUT2D eigenvalue weighted by atomic mass is 10.1. The van der Waals surface area contributed by atoms with E-state index in [9.17, 15) is 14.4 Å². The normalized spacial score (nSPS) is 14.9. The monoisotopic (exact) mass is 494 g/mol. The van der Waals surface area contributed by atoms with E-state index in [1.54, 1.807) is 29.0 Å². The summed E-state index contributed by atoms with van der Waals surface area (Å²) < 4.78 is 1.80. The number of thiocarbonyl (C=S) groups is 1. The van der Waals surface area contributed by atoms with Crippen LogP contribution >= 0.6 is 12.2 Å². The van der Waals surface area contributed by atoms with Crippen LogP contribution in [0.25, 0.3) is 17.0 Å². The minimum absolute atomic E-state index is 0.0333. The van der Waals surface area contributed by atoms with E-state index in [4.69, 9.17) is 12.2 Å². The van der Waals surface area contributed by atoms with Crippen LogP contribution in [0.2, 0.25) is 0 Å². The standard InChI is InChI=1S/C28H22N4O3S/c1-18-11-13-21(14-12-18)32-27(35)23(26(34)30-28(32)36)15-19-16-31(24-10-6-5-9-22(19)24)17-25(33)29-20-7-3-2-4-8-20/h2-16H,17H2,1H3,(H,29,33)(H,30,34,36). The van der Waals surface area contributed by atoms with Crippen molar-refractivity contribution in [2.75, 3.05) is 10.2 Å². The molecule has 0 saturated carbocycles.